The molecule has 1 N–H and O–H groups in total. The largest absolute Gasteiger partial charge is 0.352 e. The maximum Gasteiger partial charge on any atom is 0.237 e. The summed E-state index contributed by atoms with van der Waals surface area (Å²) in [5, 5.41) is 12.1. The zero-order chi connectivity index (χ0) is 16.2. The van der Waals surface area contributed by atoms with E-state index in [0.29, 0.717) is 11.6 Å². The maximum atomic E-state index is 12.1. The van der Waals surface area contributed by atoms with Crippen molar-refractivity contribution >= 4 is 5.91 Å². The molecule has 3 rings (SSSR count). The van der Waals surface area contributed by atoms with Gasteiger partial charge in [0.1, 0.15) is 0 Å². The van der Waals surface area contributed by atoms with Gasteiger partial charge in [0, 0.05) is 38.8 Å². The van der Waals surface area contributed by atoms with E-state index in [1.54, 1.807) is 0 Å². The Balaban J connectivity index is 1.47. The fourth-order valence-electron chi connectivity index (χ4n) is 3.02. The molecule has 5 nitrogen and oxygen atoms in total. The van der Waals surface area contributed by atoms with Crippen molar-refractivity contribution in [3.63, 3.8) is 0 Å². The van der Waals surface area contributed by atoms with Crippen molar-refractivity contribution in [3.8, 4) is 6.07 Å². The van der Waals surface area contributed by atoms with Gasteiger partial charge in [-0.15, -0.1) is 0 Å². The molecule has 1 saturated heterocycles. The molecule has 1 aliphatic carbocycles. The van der Waals surface area contributed by atoms with Crippen LogP contribution in [0.1, 0.15) is 30.9 Å². The lowest BCUT2D eigenvalue weighted by Gasteiger charge is -2.37. The summed E-state index contributed by atoms with van der Waals surface area (Å²) in [5.74, 6) is 0.169. The van der Waals surface area contributed by atoms with Crippen LogP contribution in [0.3, 0.4) is 0 Å². The Hall–Kier alpha value is -1.90. The summed E-state index contributed by atoms with van der Waals surface area (Å²) in [6.07, 6.45) is 2.27. The number of carbonyl (C=O) groups is 1. The van der Waals surface area contributed by atoms with Crippen molar-refractivity contribution in [2.45, 2.75) is 38.4 Å². The predicted molar refractivity (Wildman–Crippen MR) is 88.6 cm³/mol. The average molecular weight is 312 g/mol. The fraction of sp³-hybridized carbons (Fsp3) is 0.556. The molecular weight excluding hydrogens is 288 g/mol. The van der Waals surface area contributed by atoms with Crippen molar-refractivity contribution in [1.29, 1.82) is 5.26 Å². The zero-order valence-electron chi connectivity index (χ0n) is 13.7. The third kappa shape index (κ3) is 4.31. The molecule has 1 atom stereocenters. The molecule has 1 aliphatic heterocycles. The second-order valence-corrected chi connectivity index (χ2v) is 6.58. The molecule has 1 aromatic carbocycles. The average Bonchev–Trinajstić information content (AvgIpc) is 3.39. The zero-order valence-corrected chi connectivity index (χ0v) is 13.7. The predicted octanol–water partition coefficient (Wildman–Crippen LogP) is 1.34. The Morgan fingerprint density at radius 2 is 2.09 bits per heavy atom. The maximum absolute atomic E-state index is 12.1. The summed E-state index contributed by atoms with van der Waals surface area (Å²) in [6.45, 7) is 6.61. The van der Waals surface area contributed by atoms with Gasteiger partial charge < -0.3 is 5.32 Å². The lowest BCUT2D eigenvalue weighted by atomic mass is 10.1. The lowest BCUT2D eigenvalue weighted by molar-refractivity contribution is -0.126. The number of nitrogens with one attached hydrogen (secondary N) is 1. The number of carbonyl (C=O) groups excluding carboxylic acids is 1. The van der Waals surface area contributed by atoms with Crippen molar-refractivity contribution in [2.75, 3.05) is 26.2 Å². The van der Waals surface area contributed by atoms with Gasteiger partial charge in [-0.05, 0) is 37.5 Å². The SMILES string of the molecule is C[C@H](C(=O)NC1CC1)N1CCN(Cc2cccc(C#N)c2)CC1. The molecule has 0 spiro atoms. The van der Waals surface area contributed by atoms with Crippen LogP contribution < -0.4 is 5.32 Å². The minimum Gasteiger partial charge on any atom is -0.352 e. The van der Waals surface area contributed by atoms with Crippen molar-refractivity contribution in [1.82, 2.24) is 15.1 Å². The molecule has 0 radical (unpaired) electrons. The monoisotopic (exact) mass is 312 g/mol. The molecule has 0 aromatic heterocycles. The topological polar surface area (TPSA) is 59.4 Å². The summed E-state index contributed by atoms with van der Waals surface area (Å²) in [6, 6.07) is 10.4. The van der Waals surface area contributed by atoms with Crippen molar-refractivity contribution < 1.29 is 4.79 Å². The molecular formula is C18H24N4O. The third-order valence-electron chi connectivity index (χ3n) is 4.72. The Kier molecular flexibility index (Phi) is 4.94. The summed E-state index contributed by atoms with van der Waals surface area (Å²) in [5.41, 5.74) is 1.89. The Labute approximate surface area is 137 Å². The van der Waals surface area contributed by atoms with Gasteiger partial charge >= 0.3 is 0 Å². The van der Waals surface area contributed by atoms with E-state index in [0.717, 1.165) is 45.6 Å². The normalized spacial score (nSPS) is 20.7. The Bertz CT molecular complexity index is 597. The lowest BCUT2D eigenvalue weighted by Crippen LogP contribution is -2.53. The molecule has 2 aliphatic rings. The van der Waals surface area contributed by atoms with Gasteiger partial charge in [-0.2, -0.15) is 5.26 Å². The van der Waals surface area contributed by atoms with E-state index in [2.05, 4.69) is 27.3 Å². The van der Waals surface area contributed by atoms with Crippen LogP contribution in [0.2, 0.25) is 0 Å². The number of hydrogen-bond donors (Lipinski definition) is 1. The van der Waals surface area contributed by atoms with Crippen LogP contribution in [-0.4, -0.2) is 54.0 Å². The highest BCUT2D eigenvalue weighted by atomic mass is 16.2. The quantitative estimate of drug-likeness (QED) is 0.891. The van der Waals surface area contributed by atoms with E-state index in [1.165, 1.54) is 5.56 Å². The van der Waals surface area contributed by atoms with Crippen LogP contribution in [0, 0.1) is 11.3 Å². The van der Waals surface area contributed by atoms with E-state index < -0.39 is 0 Å². The summed E-state index contributed by atoms with van der Waals surface area (Å²) in [7, 11) is 0. The molecule has 1 saturated carbocycles. The number of nitrogens with zero attached hydrogens (tertiary/aromatic N) is 3. The molecule has 2 fully saturated rings. The Morgan fingerprint density at radius 3 is 2.74 bits per heavy atom. The summed E-state index contributed by atoms with van der Waals surface area (Å²) < 4.78 is 0. The highest BCUT2D eigenvalue weighted by molar-refractivity contribution is 5.81. The first-order chi connectivity index (χ1) is 11.2. The van der Waals surface area contributed by atoms with Gasteiger partial charge in [-0.1, -0.05) is 12.1 Å². The molecule has 1 heterocycles. The van der Waals surface area contributed by atoms with E-state index >= 15 is 0 Å². The summed E-state index contributed by atoms with van der Waals surface area (Å²) >= 11 is 0. The molecule has 0 bridgehead atoms. The van der Waals surface area contributed by atoms with E-state index in [4.69, 9.17) is 5.26 Å². The minimum atomic E-state index is -0.0420. The fourth-order valence-corrected chi connectivity index (χ4v) is 3.02. The van der Waals surface area contributed by atoms with Crippen LogP contribution in [0.25, 0.3) is 0 Å². The van der Waals surface area contributed by atoms with Gasteiger partial charge in [0.25, 0.3) is 0 Å². The second-order valence-electron chi connectivity index (χ2n) is 6.58. The van der Waals surface area contributed by atoms with Crippen LogP contribution in [0.5, 0.6) is 0 Å². The van der Waals surface area contributed by atoms with Crippen LogP contribution in [0.15, 0.2) is 24.3 Å². The highest BCUT2D eigenvalue weighted by Gasteiger charge is 2.29. The van der Waals surface area contributed by atoms with Crippen molar-refractivity contribution in [2.24, 2.45) is 0 Å². The van der Waals surface area contributed by atoms with E-state index in [9.17, 15) is 4.79 Å². The molecule has 5 heteroatoms. The van der Waals surface area contributed by atoms with E-state index in [-0.39, 0.29) is 11.9 Å². The third-order valence-corrected chi connectivity index (χ3v) is 4.72. The molecule has 23 heavy (non-hydrogen) atoms. The first kappa shape index (κ1) is 16.0. The van der Waals surface area contributed by atoms with E-state index in [1.807, 2.05) is 25.1 Å². The number of amides is 1. The first-order valence-corrected chi connectivity index (χ1v) is 8.41. The van der Waals surface area contributed by atoms with Gasteiger partial charge in [0.15, 0.2) is 0 Å². The van der Waals surface area contributed by atoms with Crippen LogP contribution in [-0.2, 0) is 11.3 Å². The number of benzene rings is 1. The highest BCUT2D eigenvalue weighted by Crippen LogP contribution is 2.19. The van der Waals surface area contributed by atoms with Gasteiger partial charge in [0.05, 0.1) is 17.7 Å². The molecule has 1 amide bonds. The first-order valence-electron chi connectivity index (χ1n) is 8.41. The standard InChI is InChI=1S/C18H24N4O/c1-14(18(23)20-17-5-6-17)22-9-7-21(8-10-22)13-16-4-2-3-15(11-16)12-19/h2-4,11,14,17H,5-10,13H2,1H3,(H,20,23)/t14-/m1/s1. The van der Waals surface area contributed by atoms with Crippen LogP contribution >= 0.6 is 0 Å². The molecule has 122 valence electrons. The molecule has 1 aromatic rings. The van der Waals surface area contributed by atoms with Gasteiger partial charge in [0.2, 0.25) is 5.91 Å². The van der Waals surface area contributed by atoms with Crippen LogP contribution in [0.4, 0.5) is 0 Å². The Morgan fingerprint density at radius 1 is 1.35 bits per heavy atom. The van der Waals surface area contributed by atoms with Gasteiger partial charge in [-0.25, -0.2) is 0 Å². The smallest absolute Gasteiger partial charge is 0.237 e. The van der Waals surface area contributed by atoms with Gasteiger partial charge in [-0.3, -0.25) is 14.6 Å². The number of rotatable bonds is 5. The minimum absolute atomic E-state index is 0.0420. The summed E-state index contributed by atoms with van der Waals surface area (Å²) in [4.78, 5) is 16.8. The number of piperazine rings is 1. The number of hydrogen-bond acceptors (Lipinski definition) is 4. The van der Waals surface area contributed by atoms with Crippen molar-refractivity contribution in [3.05, 3.63) is 35.4 Å². The second kappa shape index (κ2) is 7.12. The number of nitriles is 1. The molecule has 0 unspecified atom stereocenters.